The second-order valence-electron chi connectivity index (χ2n) is 8.00. The molecule has 0 saturated heterocycles. The molecule has 2 aromatic heterocycles. The van der Waals surface area contributed by atoms with Crippen molar-refractivity contribution >= 4 is 23.3 Å². The zero-order valence-electron chi connectivity index (χ0n) is 19.7. The molecule has 0 saturated carbocycles. The normalized spacial score (nSPS) is 11.8. The Bertz CT molecular complexity index is 1270. The van der Waals surface area contributed by atoms with E-state index < -0.39 is 0 Å². The van der Waals surface area contributed by atoms with Crippen molar-refractivity contribution in [2.24, 2.45) is 0 Å². The Morgan fingerprint density at radius 2 is 1.89 bits per heavy atom. The quantitative estimate of drug-likeness (QED) is 0.283. The molecule has 1 amide bonds. The van der Waals surface area contributed by atoms with Gasteiger partial charge in [0, 0.05) is 29.4 Å². The average molecular weight is 486 g/mol. The number of nitrogens with one attached hydrogen (secondary N) is 1. The predicted octanol–water partition coefficient (Wildman–Crippen LogP) is 5.90. The van der Waals surface area contributed by atoms with Gasteiger partial charge in [-0.3, -0.25) is 9.78 Å². The molecule has 0 bridgehead atoms. The van der Waals surface area contributed by atoms with Crippen LogP contribution in [0.1, 0.15) is 40.4 Å². The van der Waals surface area contributed by atoms with Gasteiger partial charge in [0.25, 0.3) is 0 Å². The Labute approximate surface area is 209 Å². The first-order chi connectivity index (χ1) is 17.0. The van der Waals surface area contributed by atoms with Crippen LogP contribution in [0.4, 0.5) is 0 Å². The summed E-state index contributed by atoms with van der Waals surface area (Å²) in [5, 5.41) is 6.01. The minimum atomic E-state index is -0.168. The maximum atomic E-state index is 12.5. The van der Waals surface area contributed by atoms with Crippen molar-refractivity contribution in [1.29, 1.82) is 0 Å². The number of pyridine rings is 1. The Balaban J connectivity index is 1.26. The average Bonchev–Trinajstić information content (AvgIpc) is 3.31. The van der Waals surface area contributed by atoms with Gasteiger partial charge in [0.15, 0.2) is 0 Å². The van der Waals surface area contributed by atoms with Crippen LogP contribution in [0.2, 0.25) is 0 Å². The number of carbonyl (C=O) groups is 1. The van der Waals surface area contributed by atoms with Gasteiger partial charge in [-0.05, 0) is 61.4 Å². The van der Waals surface area contributed by atoms with Crippen LogP contribution in [0.5, 0.6) is 11.5 Å². The van der Waals surface area contributed by atoms with Gasteiger partial charge < -0.3 is 14.8 Å². The van der Waals surface area contributed by atoms with E-state index in [-0.39, 0.29) is 11.9 Å². The van der Waals surface area contributed by atoms with E-state index in [1.807, 2.05) is 79.9 Å². The molecule has 6 nitrogen and oxygen atoms in total. The lowest BCUT2D eigenvalue weighted by molar-refractivity contribution is -0.117. The molecular formula is C28H27N3O3S. The maximum absolute atomic E-state index is 12.5. The Morgan fingerprint density at radius 3 is 2.63 bits per heavy atom. The predicted molar refractivity (Wildman–Crippen MR) is 138 cm³/mol. The van der Waals surface area contributed by atoms with E-state index >= 15 is 0 Å². The number of amides is 1. The van der Waals surface area contributed by atoms with E-state index in [4.69, 9.17) is 9.47 Å². The number of ether oxygens (including phenoxy) is 2. The maximum Gasteiger partial charge on any atom is 0.244 e. The molecule has 1 unspecified atom stereocenters. The van der Waals surface area contributed by atoms with Gasteiger partial charge in [-0.15, -0.1) is 11.3 Å². The summed E-state index contributed by atoms with van der Waals surface area (Å²) in [6, 6.07) is 19.1. The van der Waals surface area contributed by atoms with Crippen molar-refractivity contribution in [3.05, 3.63) is 112 Å². The number of hydrogen-bond acceptors (Lipinski definition) is 6. The van der Waals surface area contributed by atoms with Crippen LogP contribution in [-0.2, 0) is 18.0 Å². The van der Waals surface area contributed by atoms with Crippen molar-refractivity contribution in [3.8, 4) is 11.5 Å². The van der Waals surface area contributed by atoms with E-state index in [0.717, 1.165) is 38.9 Å². The number of benzene rings is 2. The van der Waals surface area contributed by atoms with Gasteiger partial charge in [0.1, 0.15) is 24.7 Å². The van der Waals surface area contributed by atoms with Crippen LogP contribution in [0.15, 0.2) is 84.5 Å². The standard InChI is InChI=1S/C28H27N3O3S/c1-20(24-9-11-26(12-10-24)33-17-23-6-4-14-29-16-23)30-28(32)13-8-22-5-3-7-27(15-22)34-18-25-19-35-21(2)31-25/h3-16,19-20H,17-18H2,1-2H3,(H,30,32)/b13-8+. The van der Waals surface area contributed by atoms with Gasteiger partial charge in [0.05, 0.1) is 16.7 Å². The summed E-state index contributed by atoms with van der Waals surface area (Å²) < 4.78 is 11.6. The topological polar surface area (TPSA) is 73.3 Å². The molecule has 2 aromatic carbocycles. The van der Waals surface area contributed by atoms with Gasteiger partial charge in [-0.1, -0.05) is 30.3 Å². The molecule has 35 heavy (non-hydrogen) atoms. The van der Waals surface area contributed by atoms with Crippen molar-refractivity contribution < 1.29 is 14.3 Å². The second-order valence-corrected chi connectivity index (χ2v) is 9.06. The van der Waals surface area contributed by atoms with Gasteiger partial charge in [-0.2, -0.15) is 0 Å². The first-order valence-electron chi connectivity index (χ1n) is 11.3. The Morgan fingerprint density at radius 1 is 1.06 bits per heavy atom. The van der Waals surface area contributed by atoms with E-state index in [1.54, 1.807) is 29.8 Å². The lowest BCUT2D eigenvalue weighted by Gasteiger charge is -2.14. The number of aryl methyl sites for hydroxylation is 1. The van der Waals surface area contributed by atoms with E-state index in [1.165, 1.54) is 6.08 Å². The summed E-state index contributed by atoms with van der Waals surface area (Å²) in [4.78, 5) is 20.9. The third-order valence-corrected chi connectivity index (χ3v) is 6.03. The summed E-state index contributed by atoms with van der Waals surface area (Å²) in [5.41, 5.74) is 3.80. The van der Waals surface area contributed by atoms with E-state index in [9.17, 15) is 4.79 Å². The molecule has 0 spiro atoms. The lowest BCUT2D eigenvalue weighted by Crippen LogP contribution is -2.24. The highest BCUT2D eigenvalue weighted by molar-refractivity contribution is 7.09. The number of rotatable bonds is 10. The molecule has 4 rings (SSSR count). The highest BCUT2D eigenvalue weighted by Gasteiger charge is 2.08. The van der Waals surface area contributed by atoms with Crippen molar-refractivity contribution in [3.63, 3.8) is 0 Å². The minimum Gasteiger partial charge on any atom is -0.489 e. The van der Waals surface area contributed by atoms with Crippen LogP contribution >= 0.6 is 11.3 Å². The molecule has 1 N–H and O–H groups in total. The van der Waals surface area contributed by atoms with Crippen LogP contribution < -0.4 is 14.8 Å². The lowest BCUT2D eigenvalue weighted by atomic mass is 10.1. The van der Waals surface area contributed by atoms with Crippen LogP contribution in [0.25, 0.3) is 6.08 Å². The van der Waals surface area contributed by atoms with E-state index in [2.05, 4.69) is 15.3 Å². The highest BCUT2D eigenvalue weighted by Crippen LogP contribution is 2.20. The minimum absolute atomic E-state index is 0.143. The molecule has 7 heteroatoms. The molecule has 0 fully saturated rings. The van der Waals surface area contributed by atoms with Gasteiger partial charge >= 0.3 is 0 Å². The number of hydrogen-bond donors (Lipinski definition) is 1. The Hall–Kier alpha value is -3.97. The fourth-order valence-corrected chi connectivity index (χ4v) is 3.96. The second kappa shape index (κ2) is 11.9. The highest BCUT2D eigenvalue weighted by atomic mass is 32.1. The molecular weight excluding hydrogens is 458 g/mol. The summed E-state index contributed by atoms with van der Waals surface area (Å²) in [6.45, 7) is 4.80. The molecule has 2 heterocycles. The molecule has 4 aromatic rings. The molecule has 0 radical (unpaired) electrons. The number of aromatic nitrogens is 2. The first-order valence-corrected chi connectivity index (χ1v) is 12.2. The number of carbonyl (C=O) groups excluding carboxylic acids is 1. The van der Waals surface area contributed by atoms with Crippen LogP contribution in [0, 0.1) is 6.92 Å². The first kappa shape index (κ1) is 24.2. The van der Waals surface area contributed by atoms with Gasteiger partial charge in [0.2, 0.25) is 5.91 Å². The van der Waals surface area contributed by atoms with Crippen LogP contribution in [-0.4, -0.2) is 15.9 Å². The summed E-state index contributed by atoms with van der Waals surface area (Å²) >= 11 is 1.60. The summed E-state index contributed by atoms with van der Waals surface area (Å²) in [6.07, 6.45) is 6.83. The SMILES string of the molecule is Cc1nc(COc2cccc(/C=C/C(=O)NC(C)c3ccc(OCc4cccnc4)cc3)c2)cs1. The summed E-state index contributed by atoms with van der Waals surface area (Å²) in [5.74, 6) is 1.33. The van der Waals surface area contributed by atoms with Crippen molar-refractivity contribution in [1.82, 2.24) is 15.3 Å². The fourth-order valence-electron chi connectivity index (χ4n) is 3.36. The Kier molecular flexibility index (Phi) is 8.25. The van der Waals surface area contributed by atoms with Gasteiger partial charge in [-0.25, -0.2) is 4.98 Å². The third-order valence-electron chi connectivity index (χ3n) is 5.21. The number of thiazole rings is 1. The zero-order chi connectivity index (χ0) is 24.5. The smallest absolute Gasteiger partial charge is 0.244 e. The third kappa shape index (κ3) is 7.52. The zero-order valence-corrected chi connectivity index (χ0v) is 20.5. The van der Waals surface area contributed by atoms with Crippen LogP contribution in [0.3, 0.4) is 0 Å². The van der Waals surface area contributed by atoms with Crippen molar-refractivity contribution in [2.75, 3.05) is 0 Å². The molecule has 178 valence electrons. The summed E-state index contributed by atoms with van der Waals surface area (Å²) in [7, 11) is 0. The largest absolute Gasteiger partial charge is 0.489 e. The number of nitrogens with zero attached hydrogens (tertiary/aromatic N) is 2. The molecule has 1 atom stereocenters. The monoisotopic (exact) mass is 485 g/mol. The molecule has 0 aliphatic carbocycles. The van der Waals surface area contributed by atoms with Crippen molar-refractivity contribution in [2.45, 2.75) is 33.1 Å². The fraction of sp³-hybridized carbons (Fsp3) is 0.179. The molecule has 0 aliphatic rings. The van der Waals surface area contributed by atoms with E-state index in [0.29, 0.717) is 13.2 Å². The molecule has 0 aliphatic heterocycles.